The molecule has 0 saturated carbocycles. The van der Waals surface area contributed by atoms with Gasteiger partial charge in [0.1, 0.15) is 12.4 Å². The Balaban J connectivity index is 1.28. The lowest BCUT2D eigenvalue weighted by molar-refractivity contribution is -0.125. The van der Waals surface area contributed by atoms with Crippen molar-refractivity contribution < 1.29 is 18.0 Å². The molecule has 2 aromatic carbocycles. The summed E-state index contributed by atoms with van der Waals surface area (Å²) in [5, 5.41) is 2.86. The quantitative estimate of drug-likeness (QED) is 0.522. The molecular weight excluding hydrogens is 466 g/mol. The highest BCUT2D eigenvalue weighted by Gasteiger charge is 2.45. The highest BCUT2D eigenvalue weighted by molar-refractivity contribution is 7.89. The van der Waals surface area contributed by atoms with E-state index in [1.54, 1.807) is 26.0 Å². The van der Waals surface area contributed by atoms with Crippen LogP contribution in [0.15, 0.2) is 47.4 Å². The van der Waals surface area contributed by atoms with Gasteiger partial charge in [0, 0.05) is 31.7 Å². The van der Waals surface area contributed by atoms with Gasteiger partial charge in [-0.25, -0.2) is 13.4 Å². The van der Waals surface area contributed by atoms with Crippen LogP contribution in [-0.2, 0) is 31.4 Å². The molecule has 0 aliphatic carbocycles. The number of carbonyl (C=O) groups is 2. The second kappa shape index (κ2) is 8.76. The Morgan fingerprint density at radius 1 is 1.14 bits per heavy atom. The molecule has 10 heteroatoms. The number of aromatic nitrogens is 2. The number of anilines is 1. The molecule has 35 heavy (non-hydrogen) atoms. The van der Waals surface area contributed by atoms with Crippen molar-refractivity contribution >= 4 is 38.6 Å². The molecule has 1 aromatic heterocycles. The van der Waals surface area contributed by atoms with E-state index in [1.165, 1.54) is 15.3 Å². The van der Waals surface area contributed by atoms with Crippen LogP contribution >= 0.6 is 0 Å². The molecule has 9 nitrogen and oxygen atoms in total. The number of imidazole rings is 1. The summed E-state index contributed by atoms with van der Waals surface area (Å²) >= 11 is 0. The van der Waals surface area contributed by atoms with Gasteiger partial charge in [-0.05, 0) is 62.6 Å². The third-order valence-corrected chi connectivity index (χ3v) is 8.73. The predicted molar refractivity (Wildman–Crippen MR) is 133 cm³/mol. The minimum atomic E-state index is -3.60. The molecule has 3 heterocycles. The van der Waals surface area contributed by atoms with E-state index in [0.29, 0.717) is 37.3 Å². The molecule has 1 fully saturated rings. The zero-order valence-corrected chi connectivity index (χ0v) is 20.7. The van der Waals surface area contributed by atoms with Crippen LogP contribution in [0.5, 0.6) is 0 Å². The van der Waals surface area contributed by atoms with E-state index >= 15 is 0 Å². The summed E-state index contributed by atoms with van der Waals surface area (Å²) in [6.45, 7) is 4.81. The molecule has 184 valence electrons. The Morgan fingerprint density at radius 2 is 1.89 bits per heavy atom. The first kappa shape index (κ1) is 23.5. The zero-order valence-electron chi connectivity index (χ0n) is 19.9. The summed E-state index contributed by atoms with van der Waals surface area (Å²) in [4.78, 5) is 35.3. The number of carbonyl (C=O) groups excluding carboxylic acids is 2. The number of nitrogens with zero attached hydrogens (tertiary/aromatic N) is 3. The van der Waals surface area contributed by atoms with E-state index in [4.69, 9.17) is 0 Å². The van der Waals surface area contributed by atoms with Crippen LogP contribution in [0.25, 0.3) is 11.0 Å². The number of fused-ring (bicyclic) bond motifs is 2. The van der Waals surface area contributed by atoms with E-state index in [1.807, 2.05) is 24.3 Å². The van der Waals surface area contributed by atoms with Crippen LogP contribution in [0.3, 0.4) is 0 Å². The lowest BCUT2D eigenvalue weighted by Crippen LogP contribution is -2.43. The van der Waals surface area contributed by atoms with Crippen molar-refractivity contribution in [1.29, 1.82) is 0 Å². The Bertz CT molecular complexity index is 1370. The summed E-state index contributed by atoms with van der Waals surface area (Å²) in [6, 6.07) is 12.5. The van der Waals surface area contributed by atoms with Crippen molar-refractivity contribution in [2.45, 2.75) is 43.4 Å². The fraction of sp³-hybridized carbons (Fsp3) is 0.400. The Morgan fingerprint density at radius 3 is 2.63 bits per heavy atom. The second-order valence-corrected chi connectivity index (χ2v) is 11.5. The maximum absolute atomic E-state index is 13.2. The maximum Gasteiger partial charge on any atom is 0.243 e. The van der Waals surface area contributed by atoms with E-state index < -0.39 is 15.4 Å². The Kier molecular flexibility index (Phi) is 5.88. The maximum atomic E-state index is 13.2. The van der Waals surface area contributed by atoms with Crippen molar-refractivity contribution in [2.75, 3.05) is 31.1 Å². The summed E-state index contributed by atoms with van der Waals surface area (Å²) < 4.78 is 27.6. The molecule has 0 spiro atoms. The van der Waals surface area contributed by atoms with Gasteiger partial charge in [0.25, 0.3) is 0 Å². The number of benzene rings is 2. The molecular formula is C25H29N5O4S. The van der Waals surface area contributed by atoms with Gasteiger partial charge >= 0.3 is 0 Å². The van der Waals surface area contributed by atoms with Gasteiger partial charge in [-0.15, -0.1) is 0 Å². The van der Waals surface area contributed by atoms with Crippen LogP contribution in [0, 0.1) is 0 Å². The van der Waals surface area contributed by atoms with E-state index in [2.05, 4.69) is 15.3 Å². The third-order valence-electron chi connectivity index (χ3n) is 6.84. The van der Waals surface area contributed by atoms with Crippen LogP contribution in [0.1, 0.15) is 38.1 Å². The molecule has 3 aromatic rings. The smallest absolute Gasteiger partial charge is 0.243 e. The van der Waals surface area contributed by atoms with Crippen molar-refractivity contribution in [3.63, 3.8) is 0 Å². The van der Waals surface area contributed by atoms with Crippen LogP contribution in [0.4, 0.5) is 5.69 Å². The number of para-hydroxylation sites is 2. The molecule has 2 aliphatic heterocycles. The number of H-pyrrole nitrogens is 1. The first-order valence-corrected chi connectivity index (χ1v) is 13.3. The largest absolute Gasteiger partial charge is 0.354 e. The molecule has 0 atom stereocenters. The molecule has 0 radical (unpaired) electrons. The molecule has 2 aliphatic rings. The number of hydrogen-bond acceptors (Lipinski definition) is 5. The molecule has 0 bridgehead atoms. The minimum Gasteiger partial charge on any atom is -0.354 e. The van der Waals surface area contributed by atoms with Gasteiger partial charge in [0.05, 0.1) is 21.3 Å². The van der Waals surface area contributed by atoms with Gasteiger partial charge in [-0.2, -0.15) is 4.31 Å². The number of rotatable bonds is 7. The van der Waals surface area contributed by atoms with Gasteiger partial charge < -0.3 is 15.2 Å². The molecule has 0 unspecified atom stereocenters. The number of hydrogen-bond donors (Lipinski definition) is 2. The number of nitrogens with one attached hydrogen (secondary N) is 2. The molecule has 1 saturated heterocycles. The summed E-state index contributed by atoms with van der Waals surface area (Å²) in [5.41, 5.74) is 2.09. The van der Waals surface area contributed by atoms with Crippen molar-refractivity contribution in [3.05, 3.63) is 53.9 Å². The molecule has 2 amide bonds. The van der Waals surface area contributed by atoms with Gasteiger partial charge in [-0.3, -0.25) is 9.59 Å². The normalized spacial score (nSPS) is 17.8. The SMILES string of the molecule is CC1(C)C(=O)N(CC(=O)NCCc2nc3ccccc3[nH]2)c2ccc(S(=O)(=O)N3CCCC3)cc21. The summed E-state index contributed by atoms with van der Waals surface area (Å²) in [5.74, 6) is 0.268. The van der Waals surface area contributed by atoms with E-state index in [0.717, 1.165) is 29.7 Å². The third kappa shape index (κ3) is 4.21. The average Bonchev–Trinajstić information content (AvgIpc) is 3.55. The summed E-state index contributed by atoms with van der Waals surface area (Å²) in [7, 11) is -3.60. The van der Waals surface area contributed by atoms with E-state index in [-0.39, 0.29) is 23.3 Å². The van der Waals surface area contributed by atoms with Crippen LogP contribution < -0.4 is 10.2 Å². The molecule has 2 N–H and O–H groups in total. The van der Waals surface area contributed by atoms with Crippen LogP contribution in [0.2, 0.25) is 0 Å². The Hall–Kier alpha value is -3.24. The first-order chi connectivity index (χ1) is 16.7. The first-order valence-electron chi connectivity index (χ1n) is 11.8. The van der Waals surface area contributed by atoms with Gasteiger partial charge in [-0.1, -0.05) is 12.1 Å². The van der Waals surface area contributed by atoms with Crippen LogP contribution in [-0.4, -0.2) is 60.7 Å². The number of sulfonamides is 1. The topological polar surface area (TPSA) is 115 Å². The van der Waals surface area contributed by atoms with E-state index in [9.17, 15) is 18.0 Å². The van der Waals surface area contributed by atoms with Gasteiger partial charge in [0.2, 0.25) is 21.8 Å². The minimum absolute atomic E-state index is 0.131. The molecule has 5 rings (SSSR count). The number of aromatic amines is 1. The van der Waals surface area contributed by atoms with Crippen molar-refractivity contribution in [1.82, 2.24) is 19.6 Å². The number of amides is 2. The predicted octanol–water partition coefficient (Wildman–Crippen LogP) is 2.33. The summed E-state index contributed by atoms with van der Waals surface area (Å²) in [6.07, 6.45) is 2.24. The fourth-order valence-corrected chi connectivity index (χ4v) is 6.40. The second-order valence-electron chi connectivity index (χ2n) is 9.61. The highest BCUT2D eigenvalue weighted by Crippen LogP contribution is 2.42. The van der Waals surface area contributed by atoms with Crippen molar-refractivity contribution in [3.8, 4) is 0 Å². The fourth-order valence-electron chi connectivity index (χ4n) is 4.85. The van der Waals surface area contributed by atoms with Crippen molar-refractivity contribution in [2.24, 2.45) is 0 Å². The lowest BCUT2D eigenvalue weighted by Gasteiger charge is -2.20. The monoisotopic (exact) mass is 495 g/mol. The van der Waals surface area contributed by atoms with Gasteiger partial charge in [0.15, 0.2) is 0 Å². The Labute approximate surface area is 204 Å². The highest BCUT2D eigenvalue weighted by atomic mass is 32.2. The average molecular weight is 496 g/mol. The zero-order chi connectivity index (χ0) is 24.8. The lowest BCUT2D eigenvalue weighted by atomic mass is 9.86. The standard InChI is InChI=1S/C25H29N5O4S/c1-25(2)18-15-17(35(33,34)29-13-5-6-14-29)9-10-21(18)30(24(25)32)16-23(31)26-12-11-22-27-19-7-3-4-8-20(19)28-22/h3-4,7-10,15H,5-6,11-14,16H2,1-2H3,(H,26,31)(H,27,28).